The van der Waals surface area contributed by atoms with Gasteiger partial charge >= 0.3 is 5.97 Å². The molecule has 0 spiro atoms. The zero-order valence-corrected chi connectivity index (χ0v) is 5.80. The number of hydrogen-bond acceptors (Lipinski definition) is 2. The highest BCUT2D eigenvalue weighted by Gasteiger charge is 2.10. The summed E-state index contributed by atoms with van der Waals surface area (Å²) >= 11 is 0. The van der Waals surface area contributed by atoms with E-state index >= 15 is 0 Å². The summed E-state index contributed by atoms with van der Waals surface area (Å²) in [7, 11) is 0. The number of ether oxygens (including phenoxy) is 1. The summed E-state index contributed by atoms with van der Waals surface area (Å²) in [6.07, 6.45) is 5.71. The summed E-state index contributed by atoms with van der Waals surface area (Å²) in [6.45, 7) is 3.43. The van der Waals surface area contributed by atoms with Gasteiger partial charge in [0.15, 0.2) is 0 Å². The molecule has 0 aromatic carbocycles. The minimum atomic E-state index is -0.207. The van der Waals surface area contributed by atoms with Crippen molar-refractivity contribution in [3.63, 3.8) is 0 Å². The third-order valence-electron chi connectivity index (χ3n) is 1.32. The molecule has 0 bridgehead atoms. The number of carbonyl (C=O) groups excluding carboxylic acids is 1. The van der Waals surface area contributed by atoms with Crippen molar-refractivity contribution in [1.82, 2.24) is 0 Å². The van der Waals surface area contributed by atoms with Crippen molar-refractivity contribution < 1.29 is 9.53 Å². The Labute approximate surface area is 60.2 Å². The van der Waals surface area contributed by atoms with Crippen molar-refractivity contribution >= 4 is 5.97 Å². The van der Waals surface area contributed by atoms with Gasteiger partial charge < -0.3 is 4.74 Å². The van der Waals surface area contributed by atoms with Gasteiger partial charge in [0, 0.05) is 6.42 Å². The van der Waals surface area contributed by atoms with Crippen molar-refractivity contribution in [3.8, 4) is 0 Å². The molecule has 0 fully saturated rings. The van der Waals surface area contributed by atoms with Crippen molar-refractivity contribution in [1.29, 1.82) is 0 Å². The predicted molar refractivity (Wildman–Crippen MR) is 38.2 cm³/mol. The molecule has 2 heteroatoms. The molecule has 54 valence electrons. The van der Waals surface area contributed by atoms with Gasteiger partial charge in [-0.2, -0.15) is 0 Å². The van der Waals surface area contributed by atoms with Crippen molar-refractivity contribution in [3.05, 3.63) is 24.5 Å². The molecule has 0 atom stereocenters. The van der Waals surface area contributed by atoms with Gasteiger partial charge in [0.2, 0.25) is 0 Å². The molecule has 1 rings (SSSR count). The number of esters is 1. The lowest BCUT2D eigenvalue weighted by molar-refractivity contribution is -0.139. The van der Waals surface area contributed by atoms with E-state index in [-0.39, 0.29) is 5.97 Å². The second kappa shape index (κ2) is 3.20. The van der Waals surface area contributed by atoms with E-state index in [9.17, 15) is 4.79 Å². The van der Waals surface area contributed by atoms with Crippen molar-refractivity contribution in [2.75, 3.05) is 0 Å². The van der Waals surface area contributed by atoms with Gasteiger partial charge in [-0.3, -0.25) is 4.79 Å². The molecule has 1 aliphatic carbocycles. The Hall–Kier alpha value is -1.05. The second-order valence-corrected chi connectivity index (χ2v) is 2.18. The summed E-state index contributed by atoms with van der Waals surface area (Å²) in [5.41, 5.74) is 0. The average molecular weight is 138 g/mol. The number of rotatable bonds is 3. The molecule has 0 aromatic rings. The quantitative estimate of drug-likeness (QED) is 0.439. The van der Waals surface area contributed by atoms with E-state index in [1.54, 1.807) is 6.08 Å². The third-order valence-corrected chi connectivity index (χ3v) is 1.32. The number of allylic oxidation sites excluding steroid dienone is 2. The summed E-state index contributed by atoms with van der Waals surface area (Å²) in [6, 6.07) is 0. The van der Waals surface area contributed by atoms with Crippen LogP contribution in [0.3, 0.4) is 0 Å². The molecule has 2 nitrogen and oxygen atoms in total. The van der Waals surface area contributed by atoms with Crippen LogP contribution in [0, 0.1) is 0 Å². The molecule has 0 saturated heterocycles. The Morgan fingerprint density at radius 2 is 2.60 bits per heavy atom. The summed E-state index contributed by atoms with van der Waals surface area (Å²) in [4.78, 5) is 10.7. The molecule has 0 heterocycles. The lowest BCUT2D eigenvalue weighted by Crippen LogP contribution is -2.06. The van der Waals surface area contributed by atoms with Crippen LogP contribution in [0.1, 0.15) is 19.3 Å². The minimum absolute atomic E-state index is 0.207. The number of carbonyl (C=O) groups is 1. The second-order valence-electron chi connectivity index (χ2n) is 2.18. The molecule has 0 saturated carbocycles. The third kappa shape index (κ3) is 1.72. The van der Waals surface area contributed by atoms with E-state index in [4.69, 9.17) is 4.74 Å². The molecule has 1 aliphatic rings. The van der Waals surface area contributed by atoms with E-state index in [0.29, 0.717) is 6.42 Å². The normalized spacial score (nSPS) is 15.0. The Morgan fingerprint density at radius 3 is 3.00 bits per heavy atom. The summed E-state index contributed by atoms with van der Waals surface area (Å²) in [5.74, 6) is 0.604. The topological polar surface area (TPSA) is 26.3 Å². The zero-order chi connectivity index (χ0) is 7.40. The largest absolute Gasteiger partial charge is 0.431 e. The van der Waals surface area contributed by atoms with Gasteiger partial charge in [0.1, 0.15) is 5.76 Å². The Bertz CT molecular complexity index is 180. The lowest BCUT2D eigenvalue weighted by atomic mass is 10.1. The van der Waals surface area contributed by atoms with E-state index in [1.807, 2.05) is 6.08 Å². The van der Waals surface area contributed by atoms with Crippen LogP contribution in [0.15, 0.2) is 24.5 Å². The highest BCUT2D eigenvalue weighted by molar-refractivity contribution is 5.72. The van der Waals surface area contributed by atoms with Crippen LogP contribution >= 0.6 is 0 Å². The van der Waals surface area contributed by atoms with Gasteiger partial charge in [-0.1, -0.05) is 6.08 Å². The fraction of sp³-hybridized carbons (Fsp3) is 0.375. The van der Waals surface area contributed by atoms with E-state index in [1.165, 1.54) is 0 Å². The van der Waals surface area contributed by atoms with Crippen molar-refractivity contribution in [2.45, 2.75) is 19.3 Å². The van der Waals surface area contributed by atoms with Crippen LogP contribution in [-0.4, -0.2) is 5.97 Å². The molecule has 0 aromatic heterocycles. The van der Waals surface area contributed by atoms with Gasteiger partial charge in [0.25, 0.3) is 0 Å². The van der Waals surface area contributed by atoms with Gasteiger partial charge in [-0.05, 0) is 12.5 Å². The maximum Gasteiger partial charge on any atom is 0.314 e. The zero-order valence-electron chi connectivity index (χ0n) is 5.80. The monoisotopic (exact) mass is 138 g/mol. The van der Waals surface area contributed by atoms with Crippen LogP contribution in [-0.2, 0) is 9.53 Å². The first-order chi connectivity index (χ1) is 4.83. The van der Waals surface area contributed by atoms with Gasteiger partial charge in [-0.25, -0.2) is 0 Å². The summed E-state index contributed by atoms with van der Waals surface area (Å²) < 4.78 is 4.88. The highest BCUT2D eigenvalue weighted by atomic mass is 16.5. The maximum absolute atomic E-state index is 10.7. The fourth-order valence-corrected chi connectivity index (χ4v) is 0.661. The number of hydrogen-bond donors (Lipinski definition) is 0. The predicted octanol–water partition coefficient (Wildman–Crippen LogP) is 1.78. The first-order valence-corrected chi connectivity index (χ1v) is 3.33. The Balaban J connectivity index is 2.23. The lowest BCUT2D eigenvalue weighted by Gasteiger charge is -2.12. The molecule has 10 heavy (non-hydrogen) atoms. The highest BCUT2D eigenvalue weighted by Crippen LogP contribution is 2.19. The van der Waals surface area contributed by atoms with Crippen LogP contribution in [0.2, 0.25) is 0 Å². The van der Waals surface area contributed by atoms with Gasteiger partial charge in [-0.15, -0.1) is 6.58 Å². The Kier molecular flexibility index (Phi) is 2.26. The van der Waals surface area contributed by atoms with E-state index in [2.05, 4.69) is 6.58 Å². The first kappa shape index (κ1) is 7.06. The molecule has 0 radical (unpaired) electrons. The minimum Gasteiger partial charge on any atom is -0.431 e. The van der Waals surface area contributed by atoms with E-state index in [0.717, 1.165) is 18.6 Å². The van der Waals surface area contributed by atoms with E-state index < -0.39 is 0 Å². The van der Waals surface area contributed by atoms with Crippen molar-refractivity contribution in [2.24, 2.45) is 0 Å². The SMILES string of the molecule is C=CCC(=O)OC1=CCC1. The molecule has 0 N–H and O–H groups in total. The van der Waals surface area contributed by atoms with Crippen LogP contribution < -0.4 is 0 Å². The smallest absolute Gasteiger partial charge is 0.314 e. The first-order valence-electron chi connectivity index (χ1n) is 3.33. The van der Waals surface area contributed by atoms with Crippen LogP contribution in [0.5, 0.6) is 0 Å². The molecule has 0 amide bonds. The fourth-order valence-electron chi connectivity index (χ4n) is 0.661. The maximum atomic E-state index is 10.7. The summed E-state index contributed by atoms with van der Waals surface area (Å²) in [5, 5.41) is 0. The van der Waals surface area contributed by atoms with Gasteiger partial charge in [0.05, 0.1) is 6.42 Å². The standard InChI is InChI=1S/C8H10O2/c1-2-4-8(9)10-7-5-3-6-7/h2,5H,1,3-4,6H2. The molecule has 0 aliphatic heterocycles. The molecule has 0 unspecified atom stereocenters. The molecular weight excluding hydrogens is 128 g/mol. The van der Waals surface area contributed by atoms with Crippen LogP contribution in [0.4, 0.5) is 0 Å². The average Bonchev–Trinajstić information content (AvgIpc) is 1.80. The van der Waals surface area contributed by atoms with Crippen LogP contribution in [0.25, 0.3) is 0 Å². The molecular formula is C8H10O2. The Morgan fingerprint density at radius 1 is 1.90 bits per heavy atom.